The molecule has 1 aromatic carbocycles. The molecule has 0 aliphatic rings. The van der Waals surface area contributed by atoms with Crippen LogP contribution in [0.2, 0.25) is 5.02 Å². The second-order valence-corrected chi connectivity index (χ2v) is 4.24. The van der Waals surface area contributed by atoms with E-state index < -0.39 is 5.97 Å². The second kappa shape index (κ2) is 5.68. The average molecular weight is 256 g/mol. The summed E-state index contributed by atoms with van der Waals surface area (Å²) in [6.07, 6.45) is -0.0607. The van der Waals surface area contributed by atoms with Gasteiger partial charge in [0.05, 0.1) is 6.42 Å². The van der Waals surface area contributed by atoms with E-state index in [1.165, 1.54) is 4.90 Å². The minimum atomic E-state index is -0.920. The highest BCUT2D eigenvalue weighted by molar-refractivity contribution is 6.31. The summed E-state index contributed by atoms with van der Waals surface area (Å²) in [4.78, 5) is 23.7. The maximum absolute atomic E-state index is 11.9. The van der Waals surface area contributed by atoms with Crippen molar-refractivity contribution in [2.45, 2.75) is 13.3 Å². The van der Waals surface area contributed by atoms with Crippen molar-refractivity contribution in [2.24, 2.45) is 0 Å². The van der Waals surface area contributed by atoms with Gasteiger partial charge in [-0.05, 0) is 30.7 Å². The average Bonchev–Trinajstić information content (AvgIpc) is 2.28. The number of hydrogen-bond donors (Lipinski definition) is 1. The normalized spacial score (nSPS) is 10.1. The summed E-state index contributed by atoms with van der Waals surface area (Å²) in [5.41, 5.74) is 1.34. The van der Waals surface area contributed by atoms with Gasteiger partial charge in [0.2, 0.25) is 0 Å². The third kappa shape index (κ3) is 3.75. The topological polar surface area (TPSA) is 57.6 Å². The minimum absolute atomic E-state index is 0.0607. The number of rotatable bonds is 4. The van der Waals surface area contributed by atoms with Gasteiger partial charge in [0.1, 0.15) is 0 Å². The van der Waals surface area contributed by atoms with Crippen LogP contribution in [-0.4, -0.2) is 35.5 Å². The molecule has 5 heteroatoms. The number of hydrogen-bond acceptors (Lipinski definition) is 2. The first-order chi connectivity index (χ1) is 7.91. The molecule has 17 heavy (non-hydrogen) atoms. The molecule has 1 rings (SSSR count). The highest BCUT2D eigenvalue weighted by Crippen LogP contribution is 2.17. The maximum Gasteiger partial charge on any atom is 0.305 e. The molecule has 0 radical (unpaired) electrons. The molecular formula is C12H14ClNO3. The lowest BCUT2D eigenvalue weighted by Gasteiger charge is -2.16. The fourth-order valence-electron chi connectivity index (χ4n) is 1.36. The Bertz CT molecular complexity index is 445. The Morgan fingerprint density at radius 2 is 2.06 bits per heavy atom. The van der Waals surface area contributed by atoms with Crippen LogP contribution in [0.25, 0.3) is 0 Å². The van der Waals surface area contributed by atoms with Crippen molar-refractivity contribution in [3.05, 3.63) is 34.3 Å². The molecule has 0 aliphatic heterocycles. The number of amides is 1. The van der Waals surface area contributed by atoms with Crippen molar-refractivity contribution in [3.8, 4) is 0 Å². The summed E-state index contributed by atoms with van der Waals surface area (Å²) in [5.74, 6) is -1.12. The van der Waals surface area contributed by atoms with Gasteiger partial charge in [-0.2, -0.15) is 0 Å². The number of aliphatic carboxylic acids is 1. The first-order valence-electron chi connectivity index (χ1n) is 5.15. The zero-order valence-corrected chi connectivity index (χ0v) is 10.5. The van der Waals surface area contributed by atoms with E-state index in [0.717, 1.165) is 5.56 Å². The molecule has 0 saturated carbocycles. The summed E-state index contributed by atoms with van der Waals surface area (Å²) in [5, 5.41) is 9.15. The molecule has 1 aromatic rings. The molecule has 1 amide bonds. The van der Waals surface area contributed by atoms with E-state index in [1.54, 1.807) is 25.2 Å². The maximum atomic E-state index is 11.9. The highest BCUT2D eigenvalue weighted by Gasteiger charge is 2.13. The van der Waals surface area contributed by atoms with Gasteiger partial charge >= 0.3 is 5.97 Å². The van der Waals surface area contributed by atoms with Crippen molar-refractivity contribution in [1.29, 1.82) is 0 Å². The Hall–Kier alpha value is -1.55. The van der Waals surface area contributed by atoms with Crippen LogP contribution in [0.4, 0.5) is 0 Å². The van der Waals surface area contributed by atoms with Crippen LogP contribution >= 0.6 is 11.6 Å². The van der Waals surface area contributed by atoms with Gasteiger partial charge < -0.3 is 10.0 Å². The number of carboxylic acids is 1. The minimum Gasteiger partial charge on any atom is -0.481 e. The Morgan fingerprint density at radius 1 is 1.41 bits per heavy atom. The quantitative estimate of drug-likeness (QED) is 0.897. The van der Waals surface area contributed by atoms with Crippen LogP contribution in [0.1, 0.15) is 22.3 Å². The fourth-order valence-corrected chi connectivity index (χ4v) is 1.48. The van der Waals surface area contributed by atoms with Crippen LogP contribution in [-0.2, 0) is 4.79 Å². The van der Waals surface area contributed by atoms with Crippen molar-refractivity contribution < 1.29 is 14.7 Å². The van der Waals surface area contributed by atoms with Gasteiger partial charge in [-0.25, -0.2) is 0 Å². The van der Waals surface area contributed by atoms with Crippen LogP contribution in [0.5, 0.6) is 0 Å². The van der Waals surface area contributed by atoms with Crippen LogP contribution < -0.4 is 0 Å². The molecule has 0 aliphatic carbocycles. The van der Waals surface area contributed by atoms with Gasteiger partial charge in [0.15, 0.2) is 0 Å². The zero-order chi connectivity index (χ0) is 13.0. The predicted molar refractivity (Wildman–Crippen MR) is 65.4 cm³/mol. The van der Waals surface area contributed by atoms with E-state index in [-0.39, 0.29) is 18.9 Å². The van der Waals surface area contributed by atoms with E-state index in [9.17, 15) is 9.59 Å². The summed E-state index contributed by atoms with van der Waals surface area (Å²) in [6, 6.07) is 4.99. The molecular weight excluding hydrogens is 242 g/mol. The third-order valence-corrected chi connectivity index (χ3v) is 2.84. The van der Waals surface area contributed by atoms with Gasteiger partial charge in [-0.3, -0.25) is 9.59 Å². The molecule has 4 nitrogen and oxygen atoms in total. The smallest absolute Gasteiger partial charge is 0.305 e. The fraction of sp³-hybridized carbons (Fsp3) is 0.333. The lowest BCUT2D eigenvalue weighted by molar-refractivity contribution is -0.137. The lowest BCUT2D eigenvalue weighted by atomic mass is 10.1. The van der Waals surface area contributed by atoms with Gasteiger partial charge in [0, 0.05) is 24.2 Å². The van der Waals surface area contributed by atoms with Gasteiger partial charge in [-0.15, -0.1) is 0 Å². The number of carbonyl (C=O) groups excluding carboxylic acids is 1. The Kier molecular flexibility index (Phi) is 4.52. The molecule has 0 bridgehead atoms. The molecule has 0 saturated heterocycles. The molecule has 0 aromatic heterocycles. The molecule has 0 heterocycles. The number of carbonyl (C=O) groups is 2. The number of benzene rings is 1. The highest BCUT2D eigenvalue weighted by atomic mass is 35.5. The number of aryl methyl sites for hydroxylation is 1. The SMILES string of the molecule is Cc1cc(C(=O)N(C)CCC(=O)O)ccc1Cl. The van der Waals surface area contributed by atoms with E-state index in [2.05, 4.69) is 0 Å². The van der Waals surface area contributed by atoms with E-state index >= 15 is 0 Å². The van der Waals surface area contributed by atoms with Crippen molar-refractivity contribution >= 4 is 23.5 Å². The van der Waals surface area contributed by atoms with Crippen molar-refractivity contribution in [2.75, 3.05) is 13.6 Å². The number of nitrogens with zero attached hydrogens (tertiary/aromatic N) is 1. The Morgan fingerprint density at radius 3 is 2.59 bits per heavy atom. The number of carboxylic acid groups (broad SMARTS) is 1. The van der Waals surface area contributed by atoms with E-state index in [1.807, 2.05) is 6.92 Å². The van der Waals surface area contributed by atoms with E-state index in [0.29, 0.717) is 10.6 Å². The third-order valence-electron chi connectivity index (χ3n) is 2.41. The molecule has 0 fully saturated rings. The summed E-state index contributed by atoms with van der Waals surface area (Å²) >= 11 is 5.87. The monoisotopic (exact) mass is 255 g/mol. The predicted octanol–water partition coefficient (Wildman–Crippen LogP) is 2.20. The molecule has 0 unspecified atom stereocenters. The largest absolute Gasteiger partial charge is 0.481 e. The van der Waals surface area contributed by atoms with Gasteiger partial charge in [-0.1, -0.05) is 11.6 Å². The molecule has 0 spiro atoms. The Labute approximate surface area is 105 Å². The van der Waals surface area contributed by atoms with Crippen LogP contribution in [0.15, 0.2) is 18.2 Å². The first kappa shape index (κ1) is 13.5. The number of halogens is 1. The summed E-state index contributed by atoms with van der Waals surface area (Å²) in [7, 11) is 1.58. The summed E-state index contributed by atoms with van der Waals surface area (Å²) in [6.45, 7) is 2.01. The molecule has 1 N–H and O–H groups in total. The van der Waals surface area contributed by atoms with E-state index in [4.69, 9.17) is 16.7 Å². The standard InChI is InChI=1S/C12H14ClNO3/c1-8-7-9(3-4-10(8)13)12(17)14(2)6-5-11(15)16/h3-4,7H,5-6H2,1-2H3,(H,15,16). The van der Waals surface area contributed by atoms with Crippen molar-refractivity contribution in [3.63, 3.8) is 0 Å². The van der Waals surface area contributed by atoms with Gasteiger partial charge in [0.25, 0.3) is 5.91 Å². The second-order valence-electron chi connectivity index (χ2n) is 3.83. The first-order valence-corrected chi connectivity index (χ1v) is 5.53. The Balaban J connectivity index is 2.74. The van der Waals surface area contributed by atoms with Crippen LogP contribution in [0.3, 0.4) is 0 Å². The van der Waals surface area contributed by atoms with Crippen molar-refractivity contribution in [1.82, 2.24) is 4.90 Å². The molecule has 92 valence electrons. The molecule has 0 atom stereocenters. The lowest BCUT2D eigenvalue weighted by Crippen LogP contribution is -2.29. The van der Waals surface area contributed by atoms with Crippen LogP contribution in [0, 0.1) is 6.92 Å². The summed E-state index contributed by atoms with van der Waals surface area (Å²) < 4.78 is 0. The zero-order valence-electron chi connectivity index (χ0n) is 9.74.